The second kappa shape index (κ2) is 7.66. The van der Waals surface area contributed by atoms with Gasteiger partial charge in [0.2, 0.25) is 5.60 Å². The van der Waals surface area contributed by atoms with Crippen molar-refractivity contribution in [2.45, 2.75) is 37.5 Å². The van der Waals surface area contributed by atoms with Crippen LogP contribution in [0.25, 0.3) is 5.69 Å². The molecular weight excluding hydrogens is 394 g/mol. The van der Waals surface area contributed by atoms with Gasteiger partial charge < -0.3 is 19.3 Å². The zero-order chi connectivity index (χ0) is 21.4. The highest BCUT2D eigenvalue weighted by molar-refractivity contribution is 5.85. The Hall–Kier alpha value is -2.62. The Labute approximate surface area is 164 Å². The number of methoxy groups -OCH3 is 1. The quantitative estimate of drug-likeness (QED) is 0.780. The Morgan fingerprint density at radius 3 is 2.48 bits per heavy atom. The number of aromatic nitrogens is 2. The van der Waals surface area contributed by atoms with Crippen molar-refractivity contribution < 1.29 is 32.2 Å². The molecule has 6 nitrogen and oxygen atoms in total. The summed E-state index contributed by atoms with van der Waals surface area (Å²) in [6.07, 6.45) is -1.28. The molecule has 1 fully saturated rings. The molecule has 1 aromatic carbocycles. The number of nitrogens with zero attached hydrogens (tertiary/aromatic N) is 3. The number of hydrogen-bond donors (Lipinski definition) is 1. The molecule has 0 unspecified atom stereocenters. The third kappa shape index (κ3) is 3.93. The van der Waals surface area contributed by atoms with Crippen LogP contribution < -0.4 is 4.74 Å². The average molecular weight is 415 g/mol. The van der Waals surface area contributed by atoms with E-state index < -0.39 is 23.5 Å². The Bertz CT molecular complexity index is 887. The van der Waals surface area contributed by atoms with Gasteiger partial charge in [0.1, 0.15) is 5.75 Å². The molecule has 29 heavy (non-hydrogen) atoms. The van der Waals surface area contributed by atoms with E-state index >= 15 is 0 Å². The topological polar surface area (TPSA) is 67.6 Å². The van der Waals surface area contributed by atoms with E-state index in [1.165, 1.54) is 19.5 Å². The van der Waals surface area contributed by atoms with Crippen LogP contribution >= 0.6 is 0 Å². The number of hydrogen-bond acceptors (Lipinski definition) is 4. The van der Waals surface area contributed by atoms with Crippen LogP contribution in [0.4, 0.5) is 17.6 Å². The third-order valence-electron chi connectivity index (χ3n) is 5.25. The number of aliphatic hydroxyl groups is 1. The van der Waals surface area contributed by atoms with E-state index in [1.807, 2.05) is 0 Å². The average Bonchev–Trinajstić information content (AvgIpc) is 3.16. The van der Waals surface area contributed by atoms with Crippen LogP contribution in [-0.4, -0.2) is 57.4 Å². The lowest BCUT2D eigenvalue weighted by molar-refractivity contribution is -0.250. The molecule has 3 rings (SSSR count). The van der Waals surface area contributed by atoms with E-state index in [0.29, 0.717) is 31.2 Å². The van der Waals surface area contributed by atoms with E-state index in [4.69, 9.17) is 4.74 Å². The Morgan fingerprint density at radius 1 is 1.28 bits per heavy atom. The summed E-state index contributed by atoms with van der Waals surface area (Å²) in [5, 5.41) is 9.61. The lowest BCUT2D eigenvalue weighted by Crippen LogP contribution is -2.57. The number of alkyl halides is 3. The van der Waals surface area contributed by atoms with Crippen LogP contribution in [0.5, 0.6) is 5.75 Å². The first-order valence-corrected chi connectivity index (χ1v) is 9.01. The van der Waals surface area contributed by atoms with Crippen LogP contribution in [0.1, 0.15) is 31.4 Å². The molecular formula is C19H21F4N3O3. The minimum atomic E-state index is -5.05. The van der Waals surface area contributed by atoms with Gasteiger partial charge in [-0.2, -0.15) is 13.2 Å². The maximum absolute atomic E-state index is 14.4. The second-order valence-electron chi connectivity index (χ2n) is 7.14. The minimum absolute atomic E-state index is 0.0476. The molecule has 1 saturated heterocycles. The van der Waals surface area contributed by atoms with Gasteiger partial charge in [-0.3, -0.25) is 4.79 Å². The van der Waals surface area contributed by atoms with E-state index in [2.05, 4.69) is 4.98 Å². The van der Waals surface area contributed by atoms with Crippen molar-refractivity contribution in [3.63, 3.8) is 0 Å². The number of likely N-dealkylation sites (tertiary alicyclic amines) is 1. The summed E-state index contributed by atoms with van der Waals surface area (Å²) < 4.78 is 59.8. The van der Waals surface area contributed by atoms with Gasteiger partial charge in [0.25, 0.3) is 5.91 Å². The number of halogens is 4. The largest absolute Gasteiger partial charge is 0.497 e. The van der Waals surface area contributed by atoms with Crippen LogP contribution in [0.15, 0.2) is 30.7 Å². The fourth-order valence-electron chi connectivity index (χ4n) is 3.43. The molecule has 1 aliphatic heterocycles. The predicted octanol–water partition coefficient (Wildman–Crippen LogP) is 3.04. The molecule has 0 saturated carbocycles. The number of benzene rings is 1. The lowest BCUT2D eigenvalue weighted by atomic mass is 9.92. The summed E-state index contributed by atoms with van der Waals surface area (Å²) in [4.78, 5) is 17.2. The molecule has 0 bridgehead atoms. The fraction of sp³-hybridized carbons (Fsp3) is 0.474. The van der Waals surface area contributed by atoms with Crippen LogP contribution in [0, 0.1) is 5.82 Å². The Morgan fingerprint density at radius 2 is 1.93 bits per heavy atom. The van der Waals surface area contributed by atoms with Crippen molar-refractivity contribution in [1.29, 1.82) is 0 Å². The van der Waals surface area contributed by atoms with Crippen molar-refractivity contribution in [2.24, 2.45) is 0 Å². The Balaban J connectivity index is 1.75. The molecule has 1 aliphatic rings. The first kappa shape index (κ1) is 21.1. The highest BCUT2D eigenvalue weighted by atomic mass is 19.4. The first-order chi connectivity index (χ1) is 13.6. The molecule has 1 amide bonds. The van der Waals surface area contributed by atoms with Gasteiger partial charge in [-0.15, -0.1) is 0 Å². The van der Waals surface area contributed by atoms with Gasteiger partial charge in [-0.1, -0.05) is 0 Å². The highest BCUT2D eigenvalue weighted by Crippen LogP contribution is 2.35. The number of carbonyl (C=O) groups excluding carboxylic acids is 1. The summed E-state index contributed by atoms with van der Waals surface area (Å²) >= 11 is 0. The van der Waals surface area contributed by atoms with Crippen molar-refractivity contribution in [3.05, 3.63) is 42.2 Å². The maximum atomic E-state index is 14.4. The first-order valence-electron chi connectivity index (χ1n) is 9.01. The number of amides is 1. The molecule has 158 valence electrons. The zero-order valence-electron chi connectivity index (χ0n) is 15.9. The second-order valence-corrected chi connectivity index (χ2v) is 7.14. The molecule has 1 aromatic heterocycles. The SMILES string of the molecule is COc1ccc(-n2cncc2C2CCN(C(=O)[C@@](C)(O)C(F)(F)F)CC2)c(F)c1. The number of rotatable bonds is 4. The fourth-order valence-corrected chi connectivity index (χ4v) is 3.43. The van der Waals surface area contributed by atoms with Crippen LogP contribution in [0.2, 0.25) is 0 Å². The van der Waals surface area contributed by atoms with Gasteiger partial charge in [-0.25, -0.2) is 9.37 Å². The van der Waals surface area contributed by atoms with Crippen molar-refractivity contribution in [2.75, 3.05) is 20.2 Å². The molecule has 0 aliphatic carbocycles. The molecule has 0 radical (unpaired) electrons. The van der Waals surface area contributed by atoms with Gasteiger partial charge in [0.05, 0.1) is 19.1 Å². The summed E-state index contributed by atoms with van der Waals surface area (Å²) in [6, 6.07) is 4.42. The van der Waals surface area contributed by atoms with Crippen molar-refractivity contribution >= 4 is 5.91 Å². The maximum Gasteiger partial charge on any atom is 0.426 e. The van der Waals surface area contributed by atoms with Gasteiger partial charge in [-0.05, 0) is 31.9 Å². The summed E-state index contributed by atoms with van der Waals surface area (Å²) in [5.74, 6) is -1.62. The van der Waals surface area contributed by atoms with Crippen molar-refractivity contribution in [1.82, 2.24) is 14.5 Å². The monoisotopic (exact) mass is 415 g/mol. The Kier molecular flexibility index (Phi) is 5.57. The van der Waals surface area contributed by atoms with Crippen molar-refractivity contribution in [3.8, 4) is 11.4 Å². The zero-order valence-corrected chi connectivity index (χ0v) is 15.9. The molecule has 0 spiro atoms. The molecule has 1 N–H and O–H groups in total. The standard InChI is InChI=1S/C19H21F4N3O3/c1-18(28,19(21,22)23)17(27)25-7-5-12(6-8-25)16-10-24-11-26(16)15-4-3-13(29-2)9-14(15)20/h3-4,9-12,28H,5-8H2,1-2H3/t18-/m1/s1. The number of piperidine rings is 1. The number of carbonyl (C=O) groups is 1. The normalized spacial score (nSPS) is 17.8. The smallest absolute Gasteiger partial charge is 0.426 e. The van der Waals surface area contributed by atoms with E-state index in [9.17, 15) is 27.5 Å². The number of ether oxygens (including phenoxy) is 1. The van der Waals surface area contributed by atoms with Crippen LogP contribution in [-0.2, 0) is 4.79 Å². The molecule has 1 atom stereocenters. The number of imidazole rings is 1. The lowest BCUT2D eigenvalue weighted by Gasteiger charge is -2.36. The van der Waals surface area contributed by atoms with E-state index in [-0.39, 0.29) is 24.7 Å². The van der Waals surface area contributed by atoms with E-state index in [1.54, 1.807) is 22.9 Å². The highest BCUT2D eigenvalue weighted by Gasteiger charge is 2.57. The molecule has 10 heteroatoms. The van der Waals surface area contributed by atoms with Crippen LogP contribution in [0.3, 0.4) is 0 Å². The van der Waals surface area contributed by atoms with Gasteiger partial charge in [0.15, 0.2) is 5.82 Å². The molecule has 2 heterocycles. The van der Waals surface area contributed by atoms with Gasteiger partial charge in [0, 0.05) is 37.0 Å². The summed E-state index contributed by atoms with van der Waals surface area (Å²) in [5.41, 5.74) is -2.45. The van der Waals surface area contributed by atoms with E-state index in [0.717, 1.165) is 4.90 Å². The summed E-state index contributed by atoms with van der Waals surface area (Å²) in [6.45, 7) is 0.557. The molecule has 2 aromatic rings. The predicted molar refractivity (Wildman–Crippen MR) is 95.3 cm³/mol. The third-order valence-corrected chi connectivity index (χ3v) is 5.25. The summed E-state index contributed by atoms with van der Waals surface area (Å²) in [7, 11) is 1.43. The minimum Gasteiger partial charge on any atom is -0.497 e. The van der Waals surface area contributed by atoms with Gasteiger partial charge >= 0.3 is 6.18 Å².